The van der Waals surface area contributed by atoms with Crippen molar-refractivity contribution in [1.29, 1.82) is 0 Å². The van der Waals surface area contributed by atoms with Crippen LogP contribution in [-0.2, 0) is 9.59 Å². The van der Waals surface area contributed by atoms with Gasteiger partial charge in [-0.2, -0.15) is 0 Å². The molecule has 0 aromatic carbocycles. The lowest BCUT2D eigenvalue weighted by atomic mass is 10.2. The second kappa shape index (κ2) is 7.12. The molecule has 0 spiro atoms. The van der Waals surface area contributed by atoms with Crippen molar-refractivity contribution < 1.29 is 14.4 Å². The summed E-state index contributed by atoms with van der Waals surface area (Å²) in [5, 5.41) is 8.03. The van der Waals surface area contributed by atoms with Crippen LogP contribution < -0.4 is 10.6 Å². The quantitative estimate of drug-likeness (QED) is 0.864. The highest BCUT2D eigenvalue weighted by Crippen LogP contribution is 2.25. The van der Waals surface area contributed by atoms with Crippen molar-refractivity contribution in [2.45, 2.75) is 44.6 Å². The summed E-state index contributed by atoms with van der Waals surface area (Å²) in [4.78, 5) is 37.9. The number of hydrogen-bond acceptors (Lipinski definition) is 4. The zero-order valence-electron chi connectivity index (χ0n) is 13.0. The molecule has 2 heterocycles. The lowest BCUT2D eigenvalue weighted by molar-refractivity contribution is -0.134. The fourth-order valence-corrected chi connectivity index (χ4v) is 3.42. The van der Waals surface area contributed by atoms with Crippen molar-refractivity contribution in [3.05, 3.63) is 17.0 Å². The minimum atomic E-state index is -0.247. The summed E-state index contributed by atoms with van der Waals surface area (Å²) in [5.74, 6) is -0.353. The van der Waals surface area contributed by atoms with Gasteiger partial charge in [0.25, 0.3) is 5.91 Å². The summed E-state index contributed by atoms with van der Waals surface area (Å²) in [6.45, 7) is 0.687. The summed E-state index contributed by atoms with van der Waals surface area (Å²) in [6.07, 6.45) is 5.42. The van der Waals surface area contributed by atoms with Crippen LogP contribution in [0.5, 0.6) is 0 Å². The Morgan fingerprint density at radius 1 is 1.26 bits per heavy atom. The van der Waals surface area contributed by atoms with Crippen molar-refractivity contribution in [1.82, 2.24) is 10.2 Å². The highest BCUT2D eigenvalue weighted by atomic mass is 32.1. The van der Waals surface area contributed by atoms with E-state index in [1.165, 1.54) is 11.3 Å². The number of likely N-dealkylation sites (tertiary alicyclic amines) is 1. The van der Waals surface area contributed by atoms with Crippen molar-refractivity contribution in [3.8, 4) is 0 Å². The SMILES string of the molecule is O=C(CN1CCCCCC1=O)Nc1sccc1C(=O)NC1CC1. The van der Waals surface area contributed by atoms with E-state index in [4.69, 9.17) is 0 Å². The molecule has 3 rings (SSSR count). The van der Waals surface area contributed by atoms with E-state index >= 15 is 0 Å². The van der Waals surface area contributed by atoms with E-state index in [-0.39, 0.29) is 30.3 Å². The van der Waals surface area contributed by atoms with Gasteiger partial charge >= 0.3 is 0 Å². The van der Waals surface area contributed by atoms with E-state index in [1.54, 1.807) is 16.3 Å². The molecule has 2 aliphatic rings. The maximum atomic E-state index is 12.2. The smallest absolute Gasteiger partial charge is 0.254 e. The van der Waals surface area contributed by atoms with E-state index in [0.717, 1.165) is 32.1 Å². The number of nitrogens with one attached hydrogen (secondary N) is 2. The molecule has 1 saturated heterocycles. The van der Waals surface area contributed by atoms with Crippen LogP contribution in [0.3, 0.4) is 0 Å². The largest absolute Gasteiger partial charge is 0.349 e. The minimum absolute atomic E-state index is 0.0375. The molecular formula is C16H21N3O3S. The normalized spacial score (nSPS) is 18.4. The lowest BCUT2D eigenvalue weighted by Crippen LogP contribution is -2.37. The van der Waals surface area contributed by atoms with Gasteiger partial charge in [0.05, 0.1) is 12.1 Å². The van der Waals surface area contributed by atoms with Crippen molar-refractivity contribution in [2.75, 3.05) is 18.4 Å². The van der Waals surface area contributed by atoms with Gasteiger partial charge < -0.3 is 15.5 Å². The molecule has 1 saturated carbocycles. The molecule has 0 unspecified atom stereocenters. The van der Waals surface area contributed by atoms with Gasteiger partial charge in [0.15, 0.2) is 0 Å². The van der Waals surface area contributed by atoms with Gasteiger partial charge in [-0.1, -0.05) is 6.42 Å². The third-order valence-corrected chi connectivity index (χ3v) is 4.91. The van der Waals surface area contributed by atoms with Crippen LogP contribution >= 0.6 is 11.3 Å². The zero-order chi connectivity index (χ0) is 16.2. The molecule has 23 heavy (non-hydrogen) atoms. The number of anilines is 1. The number of amides is 3. The average Bonchev–Trinajstić information content (AvgIpc) is 3.24. The molecule has 0 bridgehead atoms. The molecule has 0 radical (unpaired) electrons. The van der Waals surface area contributed by atoms with Crippen LogP contribution in [0.25, 0.3) is 0 Å². The Morgan fingerprint density at radius 3 is 2.87 bits per heavy atom. The van der Waals surface area contributed by atoms with Gasteiger partial charge in [0.2, 0.25) is 11.8 Å². The van der Waals surface area contributed by atoms with Crippen LogP contribution in [0.4, 0.5) is 5.00 Å². The van der Waals surface area contributed by atoms with Gasteiger partial charge in [-0.3, -0.25) is 14.4 Å². The molecule has 1 aromatic heterocycles. The number of hydrogen-bond donors (Lipinski definition) is 2. The van der Waals surface area contributed by atoms with E-state index in [0.29, 0.717) is 23.5 Å². The van der Waals surface area contributed by atoms with Crippen molar-refractivity contribution in [3.63, 3.8) is 0 Å². The molecule has 1 aliphatic heterocycles. The molecule has 6 nitrogen and oxygen atoms in total. The van der Waals surface area contributed by atoms with Crippen LogP contribution in [0.2, 0.25) is 0 Å². The summed E-state index contributed by atoms with van der Waals surface area (Å²) in [6, 6.07) is 2.00. The Balaban J connectivity index is 1.58. The predicted molar refractivity (Wildman–Crippen MR) is 88.5 cm³/mol. The highest BCUT2D eigenvalue weighted by molar-refractivity contribution is 7.14. The van der Waals surface area contributed by atoms with E-state index in [9.17, 15) is 14.4 Å². The van der Waals surface area contributed by atoms with Crippen LogP contribution in [0.1, 0.15) is 48.9 Å². The molecule has 124 valence electrons. The maximum Gasteiger partial charge on any atom is 0.254 e. The van der Waals surface area contributed by atoms with Crippen LogP contribution in [-0.4, -0.2) is 41.8 Å². The van der Waals surface area contributed by atoms with Gasteiger partial charge in [-0.25, -0.2) is 0 Å². The molecule has 2 fully saturated rings. The Kier molecular flexibility index (Phi) is 4.95. The third-order valence-electron chi connectivity index (χ3n) is 4.08. The predicted octanol–water partition coefficient (Wildman–Crippen LogP) is 1.98. The van der Waals surface area contributed by atoms with Crippen LogP contribution in [0.15, 0.2) is 11.4 Å². The van der Waals surface area contributed by atoms with E-state index in [1.807, 2.05) is 0 Å². The summed E-state index contributed by atoms with van der Waals surface area (Å²) >= 11 is 1.32. The molecule has 3 amide bonds. The fraction of sp³-hybridized carbons (Fsp3) is 0.562. The number of carbonyl (C=O) groups excluding carboxylic acids is 3. The monoisotopic (exact) mass is 335 g/mol. The molecule has 2 N–H and O–H groups in total. The highest BCUT2D eigenvalue weighted by Gasteiger charge is 2.26. The van der Waals surface area contributed by atoms with E-state index in [2.05, 4.69) is 10.6 Å². The first-order valence-electron chi connectivity index (χ1n) is 8.09. The van der Waals surface area contributed by atoms with Crippen molar-refractivity contribution >= 4 is 34.1 Å². The first kappa shape index (κ1) is 16.0. The summed E-state index contributed by atoms with van der Waals surface area (Å²) in [5.41, 5.74) is 0.498. The number of rotatable bonds is 5. The van der Waals surface area contributed by atoms with Crippen molar-refractivity contribution in [2.24, 2.45) is 0 Å². The molecule has 0 atom stereocenters. The molecule has 1 aromatic rings. The van der Waals surface area contributed by atoms with Crippen LogP contribution in [0, 0.1) is 0 Å². The second-order valence-corrected chi connectivity index (χ2v) is 7.00. The number of carbonyl (C=O) groups is 3. The minimum Gasteiger partial charge on any atom is -0.349 e. The Hall–Kier alpha value is -1.89. The number of thiophene rings is 1. The number of nitrogens with zero attached hydrogens (tertiary/aromatic N) is 1. The average molecular weight is 335 g/mol. The lowest BCUT2D eigenvalue weighted by Gasteiger charge is -2.19. The zero-order valence-corrected chi connectivity index (χ0v) is 13.8. The molecule has 7 heteroatoms. The molecular weight excluding hydrogens is 314 g/mol. The summed E-state index contributed by atoms with van der Waals surface area (Å²) < 4.78 is 0. The summed E-state index contributed by atoms with van der Waals surface area (Å²) in [7, 11) is 0. The first-order chi connectivity index (χ1) is 11.1. The first-order valence-corrected chi connectivity index (χ1v) is 8.97. The van der Waals surface area contributed by atoms with Gasteiger partial charge in [-0.15, -0.1) is 11.3 Å². The Morgan fingerprint density at radius 2 is 2.09 bits per heavy atom. The second-order valence-electron chi connectivity index (χ2n) is 6.09. The van der Waals surface area contributed by atoms with Gasteiger partial charge in [0, 0.05) is 19.0 Å². The topological polar surface area (TPSA) is 78.5 Å². The maximum absolute atomic E-state index is 12.2. The van der Waals surface area contributed by atoms with E-state index < -0.39 is 0 Å². The third kappa shape index (κ3) is 4.31. The Bertz CT molecular complexity index is 609. The van der Waals surface area contributed by atoms with Gasteiger partial charge in [-0.05, 0) is 37.1 Å². The molecule has 1 aliphatic carbocycles. The fourth-order valence-electron chi connectivity index (χ4n) is 2.62. The Labute approximate surface area is 139 Å². The standard InChI is InChI=1S/C16H21N3O3S/c20-13(10-19-8-3-1-2-4-14(19)21)18-16-12(7-9-23-16)15(22)17-11-5-6-11/h7,9,11H,1-6,8,10H2,(H,17,22)(H,18,20). The van der Waals surface area contributed by atoms with Gasteiger partial charge in [0.1, 0.15) is 5.00 Å².